The lowest BCUT2D eigenvalue weighted by Crippen LogP contribution is -2.32. The first kappa shape index (κ1) is 11.6. The summed E-state index contributed by atoms with van der Waals surface area (Å²) >= 11 is 4.50. The van der Waals surface area contributed by atoms with Crippen LogP contribution in [-0.4, -0.2) is 50.7 Å². The SMILES string of the molecule is COCCN(CCOC)C(=O)[S]. The van der Waals surface area contributed by atoms with E-state index in [2.05, 4.69) is 12.6 Å². The van der Waals surface area contributed by atoms with E-state index in [1.807, 2.05) is 0 Å². The first-order chi connectivity index (χ1) is 5.72. The van der Waals surface area contributed by atoms with Crippen molar-refractivity contribution in [2.24, 2.45) is 0 Å². The molecule has 0 aliphatic rings. The van der Waals surface area contributed by atoms with Crippen LogP contribution in [0.3, 0.4) is 0 Å². The van der Waals surface area contributed by atoms with E-state index in [0.717, 1.165) is 0 Å². The van der Waals surface area contributed by atoms with E-state index < -0.39 is 0 Å². The van der Waals surface area contributed by atoms with E-state index in [1.54, 1.807) is 14.2 Å². The van der Waals surface area contributed by atoms with Crippen LogP contribution in [0.5, 0.6) is 0 Å². The lowest BCUT2D eigenvalue weighted by atomic mass is 10.5. The summed E-state index contributed by atoms with van der Waals surface area (Å²) in [5, 5.41) is -0.357. The van der Waals surface area contributed by atoms with Crippen molar-refractivity contribution in [1.29, 1.82) is 0 Å². The van der Waals surface area contributed by atoms with E-state index in [1.165, 1.54) is 4.90 Å². The Morgan fingerprint density at radius 2 is 1.67 bits per heavy atom. The van der Waals surface area contributed by atoms with Crippen LogP contribution < -0.4 is 0 Å². The molecule has 12 heavy (non-hydrogen) atoms. The van der Waals surface area contributed by atoms with Crippen LogP contribution in [0, 0.1) is 0 Å². The maximum atomic E-state index is 10.8. The van der Waals surface area contributed by atoms with Gasteiger partial charge in [-0.25, -0.2) is 0 Å². The minimum atomic E-state index is -0.357. The predicted molar refractivity (Wildman–Crippen MR) is 48.3 cm³/mol. The van der Waals surface area contributed by atoms with Crippen LogP contribution in [0.25, 0.3) is 0 Å². The molecule has 0 spiro atoms. The van der Waals surface area contributed by atoms with Crippen LogP contribution >= 0.6 is 12.6 Å². The highest BCUT2D eigenvalue weighted by molar-refractivity contribution is 7.96. The zero-order valence-electron chi connectivity index (χ0n) is 7.41. The van der Waals surface area contributed by atoms with E-state index in [-0.39, 0.29) is 5.24 Å². The number of nitrogens with zero attached hydrogens (tertiary/aromatic N) is 1. The quantitative estimate of drug-likeness (QED) is 0.627. The van der Waals surface area contributed by atoms with Crippen LogP contribution in [0.15, 0.2) is 0 Å². The number of amides is 1. The Balaban J connectivity index is 3.62. The van der Waals surface area contributed by atoms with Gasteiger partial charge in [0.2, 0.25) is 0 Å². The summed E-state index contributed by atoms with van der Waals surface area (Å²) in [5.41, 5.74) is 0. The first-order valence-corrected chi connectivity index (χ1v) is 4.07. The molecule has 1 amide bonds. The van der Waals surface area contributed by atoms with E-state index in [0.29, 0.717) is 26.3 Å². The number of hydrogen-bond acceptors (Lipinski definition) is 3. The Morgan fingerprint density at radius 3 is 1.92 bits per heavy atom. The largest absolute Gasteiger partial charge is 0.383 e. The van der Waals surface area contributed by atoms with Crippen LogP contribution in [0.1, 0.15) is 0 Å². The monoisotopic (exact) mass is 192 g/mol. The summed E-state index contributed by atoms with van der Waals surface area (Å²) in [6, 6.07) is 0. The third-order valence-corrected chi connectivity index (χ3v) is 1.65. The lowest BCUT2D eigenvalue weighted by molar-refractivity contribution is 0.132. The molecular formula is C7H14NO3S. The minimum absolute atomic E-state index is 0.357. The molecule has 0 fully saturated rings. The molecule has 0 aliphatic heterocycles. The van der Waals surface area contributed by atoms with Crippen molar-refractivity contribution in [1.82, 2.24) is 4.90 Å². The van der Waals surface area contributed by atoms with Gasteiger partial charge in [0.05, 0.1) is 13.2 Å². The molecule has 1 radical (unpaired) electrons. The maximum Gasteiger partial charge on any atom is 0.313 e. The van der Waals surface area contributed by atoms with Gasteiger partial charge in [-0.2, -0.15) is 0 Å². The number of methoxy groups -OCH3 is 2. The predicted octanol–water partition coefficient (Wildman–Crippen LogP) is 0.899. The van der Waals surface area contributed by atoms with Gasteiger partial charge in [-0.15, -0.1) is 0 Å². The molecular weight excluding hydrogens is 178 g/mol. The molecule has 0 aromatic heterocycles. The Morgan fingerprint density at radius 1 is 1.25 bits per heavy atom. The molecule has 0 atom stereocenters. The van der Waals surface area contributed by atoms with Gasteiger partial charge in [0.25, 0.3) is 0 Å². The van der Waals surface area contributed by atoms with E-state index in [9.17, 15) is 4.79 Å². The highest BCUT2D eigenvalue weighted by Gasteiger charge is 2.08. The van der Waals surface area contributed by atoms with Crippen LogP contribution in [-0.2, 0) is 9.47 Å². The molecule has 0 aromatic carbocycles. The third-order valence-electron chi connectivity index (χ3n) is 1.39. The van der Waals surface area contributed by atoms with Gasteiger partial charge in [0.1, 0.15) is 0 Å². The van der Waals surface area contributed by atoms with Gasteiger partial charge >= 0.3 is 5.24 Å². The number of carbonyl (C=O) groups is 1. The fourth-order valence-electron chi connectivity index (χ4n) is 0.697. The van der Waals surface area contributed by atoms with Gasteiger partial charge in [-0.05, 0) is 12.6 Å². The van der Waals surface area contributed by atoms with Crippen molar-refractivity contribution < 1.29 is 14.3 Å². The Labute approximate surface area is 78.2 Å². The normalized spacial score (nSPS) is 9.83. The highest BCUT2D eigenvalue weighted by Crippen LogP contribution is 1.95. The first-order valence-electron chi connectivity index (χ1n) is 3.66. The second-order valence-electron chi connectivity index (χ2n) is 2.24. The fourth-order valence-corrected chi connectivity index (χ4v) is 0.880. The van der Waals surface area contributed by atoms with Gasteiger partial charge in [0, 0.05) is 27.3 Å². The lowest BCUT2D eigenvalue weighted by Gasteiger charge is -2.18. The molecule has 5 heteroatoms. The molecule has 0 saturated heterocycles. The highest BCUT2D eigenvalue weighted by atomic mass is 32.1. The van der Waals surface area contributed by atoms with Gasteiger partial charge in [-0.1, -0.05) is 0 Å². The molecule has 0 aromatic rings. The topological polar surface area (TPSA) is 38.8 Å². The Hall–Kier alpha value is -0.390. The van der Waals surface area contributed by atoms with Crippen molar-refractivity contribution in [3.63, 3.8) is 0 Å². The molecule has 0 aliphatic carbocycles. The molecule has 71 valence electrons. The van der Waals surface area contributed by atoms with Crippen molar-refractivity contribution in [3.8, 4) is 0 Å². The van der Waals surface area contributed by atoms with Crippen molar-refractivity contribution in [3.05, 3.63) is 0 Å². The Kier molecular flexibility index (Phi) is 7.03. The minimum Gasteiger partial charge on any atom is -0.383 e. The van der Waals surface area contributed by atoms with Crippen molar-refractivity contribution >= 4 is 17.9 Å². The molecule has 0 unspecified atom stereocenters. The zero-order chi connectivity index (χ0) is 9.40. The molecule has 0 heterocycles. The van der Waals surface area contributed by atoms with Gasteiger partial charge in [-0.3, -0.25) is 4.79 Å². The fraction of sp³-hybridized carbons (Fsp3) is 0.857. The van der Waals surface area contributed by atoms with Crippen molar-refractivity contribution in [2.45, 2.75) is 0 Å². The van der Waals surface area contributed by atoms with Gasteiger partial charge in [0.15, 0.2) is 0 Å². The number of carbonyl (C=O) groups excluding carboxylic acids is 1. The van der Waals surface area contributed by atoms with E-state index >= 15 is 0 Å². The molecule has 0 saturated carbocycles. The van der Waals surface area contributed by atoms with Crippen molar-refractivity contribution in [2.75, 3.05) is 40.5 Å². The summed E-state index contributed by atoms with van der Waals surface area (Å²) in [5.74, 6) is 0. The number of rotatable bonds is 6. The van der Waals surface area contributed by atoms with E-state index in [4.69, 9.17) is 9.47 Å². The average Bonchev–Trinajstić information content (AvgIpc) is 2.04. The summed E-state index contributed by atoms with van der Waals surface area (Å²) in [6.07, 6.45) is 0. The smallest absolute Gasteiger partial charge is 0.313 e. The molecule has 0 bridgehead atoms. The molecule has 4 nitrogen and oxygen atoms in total. The number of ether oxygens (including phenoxy) is 2. The van der Waals surface area contributed by atoms with Crippen LogP contribution in [0.2, 0.25) is 0 Å². The summed E-state index contributed by atoms with van der Waals surface area (Å²) < 4.78 is 9.64. The number of hydrogen-bond donors (Lipinski definition) is 0. The second-order valence-corrected chi connectivity index (χ2v) is 2.59. The van der Waals surface area contributed by atoms with Gasteiger partial charge < -0.3 is 14.4 Å². The zero-order valence-corrected chi connectivity index (χ0v) is 8.23. The summed E-state index contributed by atoms with van der Waals surface area (Å²) in [6.45, 7) is 2.07. The summed E-state index contributed by atoms with van der Waals surface area (Å²) in [7, 11) is 3.17. The average molecular weight is 192 g/mol. The maximum absolute atomic E-state index is 10.8. The standard InChI is InChI=1S/C7H14NO3S/c1-10-5-3-8(7(9)12)4-6-11-2/h3-6H2,1-2H3. The molecule has 0 rings (SSSR count). The second kappa shape index (κ2) is 7.27. The third kappa shape index (κ3) is 5.29. The Bertz CT molecular complexity index is 124. The summed E-state index contributed by atoms with van der Waals surface area (Å²) in [4.78, 5) is 12.3. The molecule has 0 N–H and O–H groups in total. The van der Waals surface area contributed by atoms with Crippen LogP contribution in [0.4, 0.5) is 4.79 Å².